The first-order valence-corrected chi connectivity index (χ1v) is 5.52. The van der Waals surface area contributed by atoms with Crippen molar-refractivity contribution in [1.29, 1.82) is 0 Å². The average molecular weight is 260 g/mol. The van der Waals surface area contributed by atoms with Crippen LogP contribution in [0.2, 0.25) is 0 Å². The van der Waals surface area contributed by atoms with Gasteiger partial charge in [-0.05, 0) is 23.3 Å². The molecule has 2 rings (SSSR count). The lowest BCUT2D eigenvalue weighted by molar-refractivity contribution is -0.142. The third-order valence-corrected chi connectivity index (χ3v) is 2.56. The summed E-state index contributed by atoms with van der Waals surface area (Å²) in [5.74, 6) is -1.45. The van der Waals surface area contributed by atoms with Gasteiger partial charge in [0.2, 0.25) is 11.5 Å². The summed E-state index contributed by atoms with van der Waals surface area (Å²) in [5, 5.41) is 0. The summed E-state index contributed by atoms with van der Waals surface area (Å²) in [5.41, 5.74) is 1.50. The van der Waals surface area contributed by atoms with E-state index in [9.17, 15) is 9.59 Å². The van der Waals surface area contributed by atoms with Crippen LogP contribution < -0.4 is 0 Å². The van der Waals surface area contributed by atoms with Crippen LogP contribution >= 0.6 is 0 Å². The molecule has 1 aromatic rings. The monoisotopic (exact) mass is 260 g/mol. The minimum absolute atomic E-state index is 0.0656. The average Bonchev–Trinajstić information content (AvgIpc) is 2.64. The number of benzene rings is 1. The smallest absolute Gasteiger partial charge is 0.373 e. The van der Waals surface area contributed by atoms with Crippen LogP contribution in [-0.4, -0.2) is 26.2 Å². The van der Waals surface area contributed by atoms with Gasteiger partial charge in [0.15, 0.2) is 0 Å². The molecule has 0 fully saturated rings. The molecule has 0 bridgehead atoms. The highest BCUT2D eigenvalue weighted by molar-refractivity contribution is 5.98. The molecule has 5 nitrogen and oxygen atoms in total. The van der Waals surface area contributed by atoms with Crippen LogP contribution in [0.15, 0.2) is 35.8 Å². The van der Waals surface area contributed by atoms with E-state index in [1.54, 1.807) is 12.1 Å². The zero-order chi connectivity index (χ0) is 13.8. The van der Waals surface area contributed by atoms with E-state index in [2.05, 4.69) is 9.47 Å². The zero-order valence-electron chi connectivity index (χ0n) is 10.5. The molecule has 0 atom stereocenters. The number of carbonyl (C=O) groups excluding carboxylic acids is 2. The standard InChI is InChI=1S/C14H12O5/c1-17-13(15)11-7-9-5-3-4-6-10(9)8-12(19-11)14(16)18-2/h3-8H,1-2H3. The summed E-state index contributed by atoms with van der Waals surface area (Å²) in [7, 11) is 2.48. The van der Waals surface area contributed by atoms with E-state index in [1.165, 1.54) is 26.4 Å². The highest BCUT2D eigenvalue weighted by Crippen LogP contribution is 2.24. The fraction of sp³-hybridized carbons (Fsp3) is 0.143. The van der Waals surface area contributed by atoms with Gasteiger partial charge in [-0.15, -0.1) is 0 Å². The molecule has 0 radical (unpaired) electrons. The first-order valence-electron chi connectivity index (χ1n) is 5.52. The maximum absolute atomic E-state index is 11.6. The van der Waals surface area contributed by atoms with Gasteiger partial charge in [-0.3, -0.25) is 0 Å². The van der Waals surface area contributed by atoms with E-state index in [4.69, 9.17) is 4.74 Å². The minimum Gasteiger partial charge on any atom is -0.463 e. The van der Waals surface area contributed by atoms with Gasteiger partial charge in [-0.2, -0.15) is 0 Å². The van der Waals surface area contributed by atoms with Gasteiger partial charge in [0.1, 0.15) is 0 Å². The maximum atomic E-state index is 11.6. The Bertz CT molecular complexity index is 532. The van der Waals surface area contributed by atoms with Crippen molar-refractivity contribution in [3.63, 3.8) is 0 Å². The molecule has 98 valence electrons. The number of carbonyl (C=O) groups is 2. The Hall–Kier alpha value is -2.56. The fourth-order valence-corrected chi connectivity index (χ4v) is 1.64. The number of fused-ring (bicyclic) bond motifs is 1. The van der Waals surface area contributed by atoms with Crippen molar-refractivity contribution in [3.8, 4) is 0 Å². The van der Waals surface area contributed by atoms with E-state index in [-0.39, 0.29) is 11.5 Å². The quantitative estimate of drug-likeness (QED) is 0.758. The van der Waals surface area contributed by atoms with Gasteiger partial charge < -0.3 is 14.2 Å². The number of methoxy groups -OCH3 is 2. The minimum atomic E-state index is -0.661. The molecule has 0 saturated heterocycles. The number of esters is 2. The summed E-state index contributed by atoms with van der Waals surface area (Å²) < 4.78 is 14.5. The molecule has 19 heavy (non-hydrogen) atoms. The number of hydrogen-bond acceptors (Lipinski definition) is 5. The molecule has 0 N–H and O–H groups in total. The number of ether oxygens (including phenoxy) is 3. The van der Waals surface area contributed by atoms with Crippen LogP contribution in [-0.2, 0) is 23.8 Å². The lowest BCUT2D eigenvalue weighted by Crippen LogP contribution is -2.12. The predicted molar refractivity (Wildman–Crippen MR) is 67.5 cm³/mol. The Balaban J connectivity index is 2.53. The van der Waals surface area contributed by atoms with E-state index in [0.29, 0.717) is 0 Å². The van der Waals surface area contributed by atoms with Gasteiger partial charge in [-0.1, -0.05) is 24.3 Å². The largest absolute Gasteiger partial charge is 0.463 e. The second-order valence-corrected chi connectivity index (χ2v) is 3.73. The van der Waals surface area contributed by atoms with Gasteiger partial charge in [0.25, 0.3) is 0 Å². The molecular formula is C14H12O5. The molecule has 0 spiro atoms. The summed E-state index contributed by atoms with van der Waals surface area (Å²) >= 11 is 0. The molecular weight excluding hydrogens is 248 g/mol. The SMILES string of the molecule is COC(=O)C1=Cc2ccccc2C=C(C(=O)OC)O1. The Kier molecular flexibility index (Phi) is 3.66. The van der Waals surface area contributed by atoms with Crippen LogP contribution in [0.4, 0.5) is 0 Å². The summed E-state index contributed by atoms with van der Waals surface area (Å²) in [6.45, 7) is 0. The lowest BCUT2D eigenvalue weighted by atomic mass is 10.1. The Morgan fingerprint density at radius 1 is 0.895 bits per heavy atom. The van der Waals surface area contributed by atoms with Crippen LogP contribution in [0.1, 0.15) is 11.1 Å². The third-order valence-electron chi connectivity index (χ3n) is 2.56. The van der Waals surface area contributed by atoms with Crippen molar-refractivity contribution in [2.45, 2.75) is 0 Å². The van der Waals surface area contributed by atoms with Crippen LogP contribution in [0, 0.1) is 0 Å². The molecule has 0 aromatic heterocycles. The molecule has 5 heteroatoms. The Morgan fingerprint density at radius 2 is 1.32 bits per heavy atom. The number of hydrogen-bond donors (Lipinski definition) is 0. The molecule has 1 aliphatic heterocycles. The first kappa shape index (κ1) is 12.9. The van der Waals surface area contributed by atoms with E-state index in [0.717, 1.165) is 11.1 Å². The zero-order valence-corrected chi connectivity index (χ0v) is 10.5. The van der Waals surface area contributed by atoms with Gasteiger partial charge in [-0.25, -0.2) is 9.59 Å². The number of rotatable bonds is 2. The van der Waals surface area contributed by atoms with Crippen LogP contribution in [0.25, 0.3) is 12.2 Å². The summed E-state index contributed by atoms with van der Waals surface area (Å²) in [6.07, 6.45) is 3.04. The van der Waals surface area contributed by atoms with Gasteiger partial charge in [0.05, 0.1) is 14.2 Å². The van der Waals surface area contributed by atoms with Crippen molar-refractivity contribution < 1.29 is 23.8 Å². The van der Waals surface area contributed by atoms with Crippen molar-refractivity contribution in [2.75, 3.05) is 14.2 Å². The predicted octanol–water partition coefficient (Wildman–Crippen LogP) is 1.74. The molecule has 0 unspecified atom stereocenters. The normalized spacial score (nSPS) is 13.2. The second kappa shape index (κ2) is 5.39. The molecule has 1 heterocycles. The van der Waals surface area contributed by atoms with E-state index >= 15 is 0 Å². The van der Waals surface area contributed by atoms with E-state index in [1.807, 2.05) is 12.1 Å². The summed E-state index contributed by atoms with van der Waals surface area (Å²) in [6, 6.07) is 7.25. The third kappa shape index (κ3) is 2.65. The van der Waals surface area contributed by atoms with E-state index < -0.39 is 11.9 Å². The summed E-state index contributed by atoms with van der Waals surface area (Å²) in [4.78, 5) is 23.2. The molecule has 0 amide bonds. The maximum Gasteiger partial charge on any atom is 0.373 e. The molecule has 1 aliphatic rings. The van der Waals surface area contributed by atoms with Crippen LogP contribution in [0.5, 0.6) is 0 Å². The Morgan fingerprint density at radius 3 is 1.68 bits per heavy atom. The highest BCUT2D eigenvalue weighted by Gasteiger charge is 2.22. The topological polar surface area (TPSA) is 61.8 Å². The second-order valence-electron chi connectivity index (χ2n) is 3.73. The first-order chi connectivity index (χ1) is 9.15. The van der Waals surface area contributed by atoms with Crippen molar-refractivity contribution >= 4 is 24.1 Å². The molecule has 0 aliphatic carbocycles. The Labute approximate surface area is 110 Å². The van der Waals surface area contributed by atoms with Gasteiger partial charge >= 0.3 is 11.9 Å². The van der Waals surface area contributed by atoms with Crippen molar-refractivity contribution in [2.24, 2.45) is 0 Å². The highest BCUT2D eigenvalue weighted by atomic mass is 16.6. The fourth-order valence-electron chi connectivity index (χ4n) is 1.64. The van der Waals surface area contributed by atoms with Crippen molar-refractivity contribution in [1.82, 2.24) is 0 Å². The van der Waals surface area contributed by atoms with Crippen molar-refractivity contribution in [3.05, 3.63) is 46.9 Å². The molecule has 0 saturated carbocycles. The van der Waals surface area contributed by atoms with Crippen LogP contribution in [0.3, 0.4) is 0 Å². The van der Waals surface area contributed by atoms with Gasteiger partial charge in [0, 0.05) is 0 Å². The lowest BCUT2D eigenvalue weighted by Gasteiger charge is -2.07. The molecule has 1 aromatic carbocycles.